The SMILES string of the molecule is CC(CC(C)(COCCO)C(O)O)C[C@@](O)(CO)[C@@H](O)[C@H](O)[C@H](O)CO. The van der Waals surface area contributed by atoms with Gasteiger partial charge in [0.25, 0.3) is 0 Å². The van der Waals surface area contributed by atoms with Gasteiger partial charge in [-0.05, 0) is 18.8 Å². The molecule has 0 bridgehead atoms. The Morgan fingerprint density at radius 1 is 0.962 bits per heavy atom. The molecule has 6 atom stereocenters. The van der Waals surface area contributed by atoms with Gasteiger partial charge in [-0.25, -0.2) is 0 Å². The summed E-state index contributed by atoms with van der Waals surface area (Å²) in [6.07, 6.45) is -7.39. The summed E-state index contributed by atoms with van der Waals surface area (Å²) in [5.41, 5.74) is -3.32. The van der Waals surface area contributed by atoms with Crippen LogP contribution in [0.5, 0.6) is 0 Å². The highest BCUT2D eigenvalue weighted by molar-refractivity contribution is 4.94. The first-order valence-electron chi connectivity index (χ1n) is 8.50. The highest BCUT2D eigenvalue weighted by Crippen LogP contribution is 2.34. The molecular formula is C16H34O10. The summed E-state index contributed by atoms with van der Waals surface area (Å²) >= 11 is 0. The first-order valence-corrected chi connectivity index (χ1v) is 8.50. The van der Waals surface area contributed by atoms with Crippen LogP contribution in [0, 0.1) is 11.3 Å². The van der Waals surface area contributed by atoms with Gasteiger partial charge in [0.1, 0.15) is 23.9 Å². The average Bonchev–Trinajstić information content (AvgIpc) is 2.59. The molecule has 0 aliphatic heterocycles. The third kappa shape index (κ3) is 7.31. The lowest BCUT2D eigenvalue weighted by molar-refractivity contribution is -0.186. The summed E-state index contributed by atoms with van der Waals surface area (Å²) in [5.74, 6) is -0.468. The molecule has 26 heavy (non-hydrogen) atoms. The molecule has 0 aliphatic rings. The van der Waals surface area contributed by atoms with Crippen LogP contribution in [0.1, 0.15) is 26.7 Å². The van der Waals surface area contributed by atoms with Crippen LogP contribution in [-0.4, -0.2) is 109 Å². The Bertz CT molecular complexity index is 382. The molecule has 0 rings (SSSR count). The van der Waals surface area contributed by atoms with E-state index in [1.165, 1.54) is 6.92 Å². The summed E-state index contributed by atoms with van der Waals surface area (Å²) in [7, 11) is 0. The molecular weight excluding hydrogens is 352 g/mol. The van der Waals surface area contributed by atoms with Crippen molar-refractivity contribution >= 4 is 0 Å². The first-order chi connectivity index (χ1) is 12.0. The zero-order valence-corrected chi connectivity index (χ0v) is 15.3. The van der Waals surface area contributed by atoms with Crippen LogP contribution >= 0.6 is 0 Å². The van der Waals surface area contributed by atoms with Crippen molar-refractivity contribution in [3.63, 3.8) is 0 Å². The van der Waals surface area contributed by atoms with Gasteiger partial charge < -0.3 is 50.7 Å². The fourth-order valence-electron chi connectivity index (χ4n) is 3.00. The topological polar surface area (TPSA) is 191 Å². The van der Waals surface area contributed by atoms with Crippen LogP contribution in [0.15, 0.2) is 0 Å². The standard InChI is InChI=1S/C16H34O10/c1-10(5-15(2,14(23)24)9-26-4-3-17)6-16(25,8-19)13(22)12(21)11(20)7-18/h10-14,17-25H,3-9H2,1-2H3/t10?,11-,12-,13+,15?,16-/m1/s1. The van der Waals surface area contributed by atoms with Crippen LogP contribution in [0.25, 0.3) is 0 Å². The minimum absolute atomic E-state index is 0.0151. The van der Waals surface area contributed by atoms with Gasteiger partial charge in [0.2, 0.25) is 0 Å². The lowest BCUT2D eigenvalue weighted by Gasteiger charge is -2.39. The third-order valence-electron chi connectivity index (χ3n) is 4.54. The van der Waals surface area contributed by atoms with Gasteiger partial charge in [-0.15, -0.1) is 0 Å². The van der Waals surface area contributed by atoms with E-state index in [0.717, 1.165) is 0 Å². The van der Waals surface area contributed by atoms with Crippen molar-refractivity contribution in [3.8, 4) is 0 Å². The smallest absolute Gasteiger partial charge is 0.159 e. The Morgan fingerprint density at radius 3 is 1.96 bits per heavy atom. The molecule has 10 heteroatoms. The van der Waals surface area contributed by atoms with Gasteiger partial charge in [-0.3, -0.25) is 0 Å². The summed E-state index contributed by atoms with van der Waals surface area (Å²) < 4.78 is 5.17. The minimum atomic E-state index is -2.18. The second kappa shape index (κ2) is 11.4. The molecule has 0 radical (unpaired) electrons. The number of hydrogen-bond acceptors (Lipinski definition) is 10. The highest BCUT2D eigenvalue weighted by Gasteiger charge is 2.44. The predicted molar refractivity (Wildman–Crippen MR) is 89.8 cm³/mol. The Balaban J connectivity index is 5.07. The maximum atomic E-state index is 10.5. The average molecular weight is 386 g/mol. The van der Waals surface area contributed by atoms with Gasteiger partial charge >= 0.3 is 0 Å². The Hall–Kier alpha value is -0.400. The van der Waals surface area contributed by atoms with Gasteiger partial charge in [-0.2, -0.15) is 0 Å². The number of aliphatic hydroxyl groups is 9. The molecule has 10 nitrogen and oxygen atoms in total. The van der Waals surface area contributed by atoms with Crippen molar-refractivity contribution in [3.05, 3.63) is 0 Å². The van der Waals surface area contributed by atoms with Crippen LogP contribution in [0.3, 0.4) is 0 Å². The fraction of sp³-hybridized carbons (Fsp3) is 1.00. The molecule has 2 unspecified atom stereocenters. The maximum absolute atomic E-state index is 10.5. The van der Waals surface area contributed by atoms with E-state index in [-0.39, 0.29) is 32.7 Å². The molecule has 0 heterocycles. The van der Waals surface area contributed by atoms with Crippen LogP contribution < -0.4 is 0 Å². The van der Waals surface area contributed by atoms with Crippen molar-refractivity contribution in [1.82, 2.24) is 0 Å². The van der Waals surface area contributed by atoms with E-state index in [9.17, 15) is 35.7 Å². The largest absolute Gasteiger partial charge is 0.394 e. The van der Waals surface area contributed by atoms with E-state index in [0.29, 0.717) is 0 Å². The van der Waals surface area contributed by atoms with Gasteiger partial charge in [-0.1, -0.05) is 13.8 Å². The molecule has 158 valence electrons. The number of ether oxygens (including phenoxy) is 1. The molecule has 0 amide bonds. The maximum Gasteiger partial charge on any atom is 0.159 e. The van der Waals surface area contributed by atoms with Crippen LogP contribution in [0.2, 0.25) is 0 Å². The van der Waals surface area contributed by atoms with Gasteiger partial charge in [0, 0.05) is 5.41 Å². The zero-order chi connectivity index (χ0) is 20.5. The Labute approximate surface area is 152 Å². The predicted octanol–water partition coefficient (Wildman–Crippen LogP) is -3.47. The number of aliphatic hydroxyl groups excluding tert-OH is 7. The van der Waals surface area contributed by atoms with Crippen LogP contribution in [0.4, 0.5) is 0 Å². The van der Waals surface area contributed by atoms with E-state index < -0.39 is 54.7 Å². The van der Waals surface area contributed by atoms with Crippen LogP contribution in [-0.2, 0) is 4.74 Å². The molecule has 0 aromatic carbocycles. The van der Waals surface area contributed by atoms with E-state index >= 15 is 0 Å². The van der Waals surface area contributed by atoms with Crippen molar-refractivity contribution in [2.45, 2.75) is 56.9 Å². The monoisotopic (exact) mass is 386 g/mol. The lowest BCUT2D eigenvalue weighted by Crippen LogP contribution is -2.56. The molecule has 0 saturated carbocycles. The molecule has 0 aromatic rings. The quantitative estimate of drug-likeness (QED) is 0.107. The zero-order valence-electron chi connectivity index (χ0n) is 15.3. The summed E-state index contributed by atoms with van der Waals surface area (Å²) in [6, 6.07) is 0. The molecule has 0 spiro atoms. The van der Waals surface area contributed by atoms with Crippen molar-refractivity contribution in [2.75, 3.05) is 33.0 Å². The van der Waals surface area contributed by atoms with E-state index in [2.05, 4.69) is 0 Å². The second-order valence-corrected chi connectivity index (χ2v) is 7.26. The summed E-state index contributed by atoms with van der Waals surface area (Å²) in [6.45, 7) is 1.11. The van der Waals surface area contributed by atoms with Crippen molar-refractivity contribution in [1.29, 1.82) is 0 Å². The lowest BCUT2D eigenvalue weighted by atomic mass is 9.75. The third-order valence-corrected chi connectivity index (χ3v) is 4.54. The van der Waals surface area contributed by atoms with Gasteiger partial charge in [0.05, 0.1) is 33.0 Å². The summed E-state index contributed by atoms with van der Waals surface area (Å²) in [4.78, 5) is 0. The van der Waals surface area contributed by atoms with E-state index in [1.807, 2.05) is 0 Å². The summed E-state index contributed by atoms with van der Waals surface area (Å²) in [5, 5.41) is 86.1. The molecule has 0 aromatic heterocycles. The molecule has 0 saturated heterocycles. The first kappa shape index (κ1) is 25.6. The Morgan fingerprint density at radius 2 is 1.54 bits per heavy atom. The molecule has 0 fully saturated rings. The number of rotatable bonds is 14. The Kier molecular flexibility index (Phi) is 11.3. The van der Waals surface area contributed by atoms with E-state index in [1.54, 1.807) is 6.92 Å². The van der Waals surface area contributed by atoms with Gasteiger partial charge in [0.15, 0.2) is 6.29 Å². The molecule has 0 aliphatic carbocycles. The number of hydrogen-bond donors (Lipinski definition) is 9. The van der Waals surface area contributed by atoms with Crippen molar-refractivity contribution in [2.24, 2.45) is 11.3 Å². The second-order valence-electron chi connectivity index (χ2n) is 7.26. The molecule has 9 N–H and O–H groups in total. The normalized spacial score (nSPS) is 21.7. The van der Waals surface area contributed by atoms with E-state index in [4.69, 9.17) is 14.9 Å². The minimum Gasteiger partial charge on any atom is -0.394 e. The highest BCUT2D eigenvalue weighted by atomic mass is 16.5. The fourth-order valence-corrected chi connectivity index (χ4v) is 3.00. The van der Waals surface area contributed by atoms with Crippen molar-refractivity contribution < 1.29 is 50.7 Å².